The Kier molecular flexibility index (Phi) is 5.22. The third-order valence-electron chi connectivity index (χ3n) is 2.91. The molecule has 0 fully saturated rings. The maximum atomic E-state index is 11.5. The number of nitrogens with zero attached hydrogens (tertiary/aromatic N) is 2. The fourth-order valence-electron chi connectivity index (χ4n) is 1.98. The van der Waals surface area contributed by atoms with E-state index in [1.54, 1.807) is 0 Å². The van der Waals surface area contributed by atoms with Gasteiger partial charge >= 0.3 is 0 Å². The molecule has 0 spiro atoms. The fraction of sp³-hybridized carbons (Fsp3) is 0.200. The van der Waals surface area contributed by atoms with E-state index in [0.29, 0.717) is 6.07 Å². The van der Waals surface area contributed by atoms with E-state index >= 15 is 0 Å². The minimum absolute atomic E-state index is 0.0423. The van der Waals surface area contributed by atoms with Crippen LogP contribution in [0.5, 0.6) is 0 Å². The first kappa shape index (κ1) is 19.7. The van der Waals surface area contributed by atoms with Gasteiger partial charge in [0.2, 0.25) is 0 Å². The standard InChI is InChI=1S/C10H13N3O9S3/c14-23(15,16)7-12-4-1-5-13(11-12)9-3-2-8(24(17,18)19)6-10(9)25(20,21)22/h1-3,5-6,11H,4,7H2,(H,14,15,16)(H,17,18,19)(H,20,21,22). The number of hydrogen-bond donors (Lipinski definition) is 4. The van der Waals surface area contributed by atoms with E-state index in [-0.39, 0.29) is 12.2 Å². The molecular formula is C10H13N3O9S3. The molecule has 1 heterocycles. The first-order valence-electron chi connectivity index (χ1n) is 6.29. The van der Waals surface area contributed by atoms with Gasteiger partial charge in [0.25, 0.3) is 30.4 Å². The highest BCUT2D eigenvalue weighted by Crippen LogP contribution is 2.28. The Morgan fingerprint density at radius 1 is 1.00 bits per heavy atom. The number of nitrogens with one attached hydrogen (secondary N) is 1. The summed E-state index contributed by atoms with van der Waals surface area (Å²) in [5, 5.41) is 1.98. The van der Waals surface area contributed by atoms with E-state index in [9.17, 15) is 29.8 Å². The van der Waals surface area contributed by atoms with Gasteiger partial charge in [0, 0.05) is 12.7 Å². The zero-order chi connectivity index (χ0) is 19.0. The Labute approximate surface area is 143 Å². The van der Waals surface area contributed by atoms with Gasteiger partial charge in [-0.2, -0.15) is 30.8 Å². The van der Waals surface area contributed by atoms with Crippen molar-refractivity contribution in [2.24, 2.45) is 0 Å². The lowest BCUT2D eigenvalue weighted by molar-refractivity contribution is 0.226. The van der Waals surface area contributed by atoms with Crippen molar-refractivity contribution < 1.29 is 38.9 Å². The molecule has 0 aliphatic carbocycles. The zero-order valence-electron chi connectivity index (χ0n) is 12.2. The van der Waals surface area contributed by atoms with Crippen LogP contribution in [0, 0.1) is 0 Å². The van der Waals surface area contributed by atoms with Gasteiger partial charge in [-0.15, -0.1) is 0 Å². The van der Waals surface area contributed by atoms with Crippen molar-refractivity contribution >= 4 is 36.0 Å². The molecule has 0 radical (unpaired) electrons. The molecule has 1 aromatic rings. The normalized spacial score (nSPS) is 17.0. The number of hydrazine groups is 2. The molecule has 15 heteroatoms. The molecule has 1 aliphatic heterocycles. The predicted octanol–water partition coefficient (Wildman–Crippen LogP) is -0.919. The van der Waals surface area contributed by atoms with Crippen molar-refractivity contribution in [1.29, 1.82) is 0 Å². The lowest BCUT2D eigenvalue weighted by Gasteiger charge is -2.33. The first-order valence-corrected chi connectivity index (χ1v) is 10.8. The van der Waals surface area contributed by atoms with Crippen LogP contribution in [0.3, 0.4) is 0 Å². The molecule has 0 saturated carbocycles. The van der Waals surface area contributed by atoms with E-state index in [2.05, 4.69) is 5.53 Å². The van der Waals surface area contributed by atoms with Crippen LogP contribution in [0.15, 0.2) is 40.3 Å². The number of hydrogen-bond acceptors (Lipinski definition) is 9. The van der Waals surface area contributed by atoms with Crippen molar-refractivity contribution in [2.75, 3.05) is 17.4 Å². The van der Waals surface area contributed by atoms with Crippen LogP contribution in [0.2, 0.25) is 0 Å². The van der Waals surface area contributed by atoms with Crippen LogP contribution in [0.1, 0.15) is 0 Å². The lowest BCUT2D eigenvalue weighted by atomic mass is 10.3. The Bertz CT molecular complexity index is 1010. The summed E-state index contributed by atoms with van der Waals surface area (Å²) in [4.78, 5) is -1.62. The van der Waals surface area contributed by atoms with Gasteiger partial charge in [0.05, 0.1) is 10.6 Å². The topological polar surface area (TPSA) is 182 Å². The second-order valence-electron chi connectivity index (χ2n) is 4.87. The largest absolute Gasteiger partial charge is 0.296 e. The summed E-state index contributed by atoms with van der Waals surface area (Å²) < 4.78 is 94.4. The molecule has 0 amide bonds. The Hall–Kier alpha value is -1.59. The highest BCUT2D eigenvalue weighted by Gasteiger charge is 2.26. The molecule has 25 heavy (non-hydrogen) atoms. The summed E-state index contributed by atoms with van der Waals surface area (Å²) in [7, 11) is -14.0. The molecule has 12 nitrogen and oxygen atoms in total. The Morgan fingerprint density at radius 3 is 2.16 bits per heavy atom. The SMILES string of the molecule is O=S(=O)(O)CN1CC=CN(c2ccc(S(=O)(=O)O)cc2S(=O)(=O)O)N1. The molecule has 0 atom stereocenters. The third-order valence-corrected chi connectivity index (χ3v) is 5.29. The maximum absolute atomic E-state index is 11.5. The third kappa shape index (κ3) is 5.19. The highest BCUT2D eigenvalue weighted by molar-refractivity contribution is 7.86. The van der Waals surface area contributed by atoms with Crippen LogP contribution in [-0.2, 0) is 30.4 Å². The molecule has 1 aromatic carbocycles. The van der Waals surface area contributed by atoms with Crippen LogP contribution < -0.4 is 10.5 Å². The summed E-state index contributed by atoms with van der Waals surface area (Å²) in [6.07, 6.45) is 2.70. The van der Waals surface area contributed by atoms with Gasteiger partial charge in [0.15, 0.2) is 0 Å². The van der Waals surface area contributed by atoms with Crippen molar-refractivity contribution in [2.45, 2.75) is 9.79 Å². The van der Waals surface area contributed by atoms with Crippen molar-refractivity contribution in [3.8, 4) is 0 Å². The summed E-state index contributed by atoms with van der Waals surface area (Å²) in [5.74, 6) is -0.821. The molecule has 2 rings (SSSR count). The van der Waals surface area contributed by atoms with Gasteiger partial charge in [-0.25, -0.2) is 5.01 Å². The van der Waals surface area contributed by atoms with E-state index < -0.39 is 46.0 Å². The van der Waals surface area contributed by atoms with Crippen LogP contribution in [-0.4, -0.2) is 56.3 Å². The number of rotatable bonds is 5. The minimum atomic E-state index is -4.90. The molecule has 0 aromatic heterocycles. The molecule has 0 saturated heterocycles. The smallest absolute Gasteiger partial charge is 0.285 e. The number of anilines is 1. The average Bonchev–Trinajstić information content (AvgIpc) is 2.43. The van der Waals surface area contributed by atoms with Crippen LogP contribution >= 0.6 is 0 Å². The van der Waals surface area contributed by atoms with Crippen LogP contribution in [0.4, 0.5) is 5.69 Å². The molecule has 4 N–H and O–H groups in total. The van der Waals surface area contributed by atoms with Gasteiger partial charge in [-0.05, 0) is 18.2 Å². The monoisotopic (exact) mass is 415 g/mol. The molecule has 1 aliphatic rings. The lowest BCUT2D eigenvalue weighted by Crippen LogP contribution is -2.52. The number of benzene rings is 1. The van der Waals surface area contributed by atoms with Crippen molar-refractivity contribution in [3.63, 3.8) is 0 Å². The van der Waals surface area contributed by atoms with Crippen LogP contribution in [0.25, 0.3) is 0 Å². The fourth-order valence-corrected chi connectivity index (χ4v) is 3.82. The molecular weight excluding hydrogens is 402 g/mol. The van der Waals surface area contributed by atoms with E-state index in [1.807, 2.05) is 0 Å². The quantitative estimate of drug-likeness (QED) is 0.435. The molecule has 140 valence electrons. The minimum Gasteiger partial charge on any atom is -0.285 e. The summed E-state index contributed by atoms with van der Waals surface area (Å²) in [6, 6.07) is 2.40. The highest BCUT2D eigenvalue weighted by atomic mass is 32.2. The molecule has 0 bridgehead atoms. The summed E-state index contributed by atoms with van der Waals surface area (Å²) in [6.45, 7) is 0.0423. The van der Waals surface area contributed by atoms with Gasteiger partial charge in [-0.1, -0.05) is 6.08 Å². The van der Waals surface area contributed by atoms with Gasteiger partial charge in [-0.3, -0.25) is 18.7 Å². The van der Waals surface area contributed by atoms with Gasteiger partial charge < -0.3 is 0 Å². The first-order chi connectivity index (χ1) is 11.3. The van der Waals surface area contributed by atoms with E-state index in [1.165, 1.54) is 12.3 Å². The van der Waals surface area contributed by atoms with E-state index in [4.69, 9.17) is 9.11 Å². The molecule has 0 unspecified atom stereocenters. The Balaban J connectivity index is 2.48. The average molecular weight is 415 g/mol. The summed E-state index contributed by atoms with van der Waals surface area (Å²) >= 11 is 0. The maximum Gasteiger partial charge on any atom is 0.296 e. The zero-order valence-corrected chi connectivity index (χ0v) is 14.7. The second kappa shape index (κ2) is 6.61. The van der Waals surface area contributed by atoms with Crippen molar-refractivity contribution in [1.82, 2.24) is 10.5 Å². The predicted molar refractivity (Wildman–Crippen MR) is 83.9 cm³/mol. The van der Waals surface area contributed by atoms with E-state index in [0.717, 1.165) is 22.2 Å². The summed E-state index contributed by atoms with van der Waals surface area (Å²) in [5.41, 5.74) is 2.19. The van der Waals surface area contributed by atoms with Gasteiger partial charge in [0.1, 0.15) is 10.8 Å². The Morgan fingerprint density at radius 2 is 1.64 bits per heavy atom. The van der Waals surface area contributed by atoms with Crippen molar-refractivity contribution in [3.05, 3.63) is 30.5 Å². The second-order valence-corrected chi connectivity index (χ2v) is 9.10.